The predicted octanol–water partition coefficient (Wildman–Crippen LogP) is 3.16. The lowest BCUT2D eigenvalue weighted by Gasteiger charge is -2.33. The molecule has 0 radical (unpaired) electrons. The molecule has 2 heteroatoms. The fourth-order valence-electron chi connectivity index (χ4n) is 3.80. The molecular formula is C15H30N2. The van der Waals surface area contributed by atoms with Gasteiger partial charge in [-0.05, 0) is 44.9 Å². The zero-order valence-corrected chi connectivity index (χ0v) is 11.7. The lowest BCUT2D eigenvalue weighted by molar-refractivity contribution is 0.152. The van der Waals surface area contributed by atoms with E-state index in [4.69, 9.17) is 5.73 Å². The van der Waals surface area contributed by atoms with Crippen molar-refractivity contribution in [2.45, 2.75) is 83.3 Å². The number of hydrogen-bond acceptors (Lipinski definition) is 2. The van der Waals surface area contributed by atoms with E-state index in [1.165, 1.54) is 57.9 Å². The van der Waals surface area contributed by atoms with E-state index in [0.717, 1.165) is 18.0 Å². The van der Waals surface area contributed by atoms with Crippen molar-refractivity contribution in [1.29, 1.82) is 0 Å². The highest BCUT2D eigenvalue weighted by Gasteiger charge is 2.32. The van der Waals surface area contributed by atoms with Crippen LogP contribution in [0.25, 0.3) is 0 Å². The van der Waals surface area contributed by atoms with E-state index in [9.17, 15) is 0 Å². The highest BCUT2D eigenvalue weighted by Crippen LogP contribution is 2.30. The monoisotopic (exact) mass is 238 g/mol. The van der Waals surface area contributed by atoms with Gasteiger partial charge in [-0.3, -0.25) is 4.90 Å². The van der Waals surface area contributed by atoms with Gasteiger partial charge in [0.05, 0.1) is 0 Å². The molecule has 4 unspecified atom stereocenters. The summed E-state index contributed by atoms with van der Waals surface area (Å²) < 4.78 is 0. The Bertz CT molecular complexity index is 229. The number of rotatable bonds is 3. The van der Waals surface area contributed by atoms with Crippen LogP contribution in [0.1, 0.15) is 65.2 Å². The summed E-state index contributed by atoms with van der Waals surface area (Å²) in [5.41, 5.74) is 6.36. The molecule has 0 aromatic rings. The van der Waals surface area contributed by atoms with E-state index in [-0.39, 0.29) is 0 Å². The summed E-state index contributed by atoms with van der Waals surface area (Å²) in [6.07, 6.45) is 10.9. The van der Waals surface area contributed by atoms with Crippen molar-refractivity contribution in [1.82, 2.24) is 4.90 Å². The second kappa shape index (κ2) is 6.19. The van der Waals surface area contributed by atoms with Crippen LogP contribution in [-0.4, -0.2) is 29.6 Å². The molecule has 1 aliphatic heterocycles. The molecule has 2 aliphatic rings. The Kier molecular flexibility index (Phi) is 4.87. The van der Waals surface area contributed by atoms with Crippen molar-refractivity contribution in [3.05, 3.63) is 0 Å². The van der Waals surface area contributed by atoms with Crippen LogP contribution in [0.5, 0.6) is 0 Å². The first-order chi connectivity index (χ1) is 8.22. The first-order valence-electron chi connectivity index (χ1n) is 7.73. The highest BCUT2D eigenvalue weighted by molar-refractivity contribution is 4.88. The fraction of sp³-hybridized carbons (Fsp3) is 1.00. The summed E-state index contributed by atoms with van der Waals surface area (Å²) in [5.74, 6) is 0.757. The van der Waals surface area contributed by atoms with Gasteiger partial charge in [0.2, 0.25) is 0 Å². The second-order valence-electron chi connectivity index (χ2n) is 6.25. The first kappa shape index (κ1) is 13.4. The van der Waals surface area contributed by atoms with E-state index in [2.05, 4.69) is 18.7 Å². The topological polar surface area (TPSA) is 29.3 Å². The molecule has 17 heavy (non-hydrogen) atoms. The van der Waals surface area contributed by atoms with Crippen LogP contribution >= 0.6 is 0 Å². The Morgan fingerprint density at radius 3 is 2.59 bits per heavy atom. The number of likely N-dealkylation sites (tertiary alicyclic amines) is 1. The van der Waals surface area contributed by atoms with Crippen molar-refractivity contribution >= 4 is 0 Å². The van der Waals surface area contributed by atoms with E-state index in [0.29, 0.717) is 6.04 Å². The minimum atomic E-state index is 0.461. The molecule has 2 fully saturated rings. The summed E-state index contributed by atoms with van der Waals surface area (Å²) in [4.78, 5) is 2.76. The quantitative estimate of drug-likeness (QED) is 0.765. The molecule has 1 saturated heterocycles. The third-order valence-corrected chi connectivity index (χ3v) is 5.09. The molecule has 2 N–H and O–H groups in total. The van der Waals surface area contributed by atoms with Crippen LogP contribution in [0, 0.1) is 5.92 Å². The van der Waals surface area contributed by atoms with Gasteiger partial charge in [0.25, 0.3) is 0 Å². The minimum absolute atomic E-state index is 0.461. The normalized spacial score (nSPS) is 40.4. The zero-order valence-electron chi connectivity index (χ0n) is 11.7. The van der Waals surface area contributed by atoms with E-state index >= 15 is 0 Å². The lowest BCUT2D eigenvalue weighted by atomic mass is 9.94. The van der Waals surface area contributed by atoms with E-state index < -0.39 is 0 Å². The summed E-state index contributed by atoms with van der Waals surface area (Å²) in [7, 11) is 0. The zero-order chi connectivity index (χ0) is 12.3. The third-order valence-electron chi connectivity index (χ3n) is 5.09. The molecule has 4 atom stereocenters. The maximum atomic E-state index is 6.36. The summed E-state index contributed by atoms with van der Waals surface area (Å²) >= 11 is 0. The van der Waals surface area contributed by atoms with Gasteiger partial charge in [-0.25, -0.2) is 0 Å². The summed E-state index contributed by atoms with van der Waals surface area (Å²) in [5, 5.41) is 0. The van der Waals surface area contributed by atoms with Crippen molar-refractivity contribution in [2.75, 3.05) is 6.54 Å². The second-order valence-corrected chi connectivity index (χ2v) is 6.25. The lowest BCUT2D eigenvalue weighted by Crippen LogP contribution is -2.43. The van der Waals surface area contributed by atoms with Crippen molar-refractivity contribution < 1.29 is 0 Å². The number of nitrogens with zero attached hydrogens (tertiary/aromatic N) is 1. The van der Waals surface area contributed by atoms with Crippen LogP contribution in [-0.2, 0) is 0 Å². The van der Waals surface area contributed by atoms with Gasteiger partial charge in [-0.15, -0.1) is 0 Å². The predicted molar refractivity (Wildman–Crippen MR) is 74.0 cm³/mol. The molecule has 0 amide bonds. The standard InChI is InChI=1S/C15H30N2/c1-3-14-10-9-12(2)17(14)11-13-7-5-4-6-8-15(13)16/h12-15H,3-11,16H2,1-2H3. The van der Waals surface area contributed by atoms with Crippen molar-refractivity contribution in [2.24, 2.45) is 11.7 Å². The Labute approximate surface area is 107 Å². The average Bonchev–Trinajstić information content (AvgIpc) is 2.54. The largest absolute Gasteiger partial charge is 0.327 e. The Balaban J connectivity index is 1.93. The summed E-state index contributed by atoms with van der Waals surface area (Å²) in [6.45, 7) is 6.00. The van der Waals surface area contributed by atoms with Gasteiger partial charge in [0.1, 0.15) is 0 Å². The Hall–Kier alpha value is -0.0800. The molecule has 0 aromatic heterocycles. The first-order valence-corrected chi connectivity index (χ1v) is 7.73. The van der Waals surface area contributed by atoms with Gasteiger partial charge in [0, 0.05) is 24.7 Å². The molecule has 0 aromatic carbocycles. The van der Waals surface area contributed by atoms with Gasteiger partial charge in [0.15, 0.2) is 0 Å². The smallest absolute Gasteiger partial charge is 0.00961 e. The van der Waals surface area contributed by atoms with Crippen LogP contribution in [0.2, 0.25) is 0 Å². The highest BCUT2D eigenvalue weighted by atomic mass is 15.2. The molecule has 100 valence electrons. The van der Waals surface area contributed by atoms with Gasteiger partial charge in [-0.1, -0.05) is 26.2 Å². The van der Waals surface area contributed by atoms with Crippen LogP contribution in [0.15, 0.2) is 0 Å². The van der Waals surface area contributed by atoms with Crippen LogP contribution in [0.4, 0.5) is 0 Å². The maximum Gasteiger partial charge on any atom is 0.00961 e. The minimum Gasteiger partial charge on any atom is -0.327 e. The fourth-order valence-corrected chi connectivity index (χ4v) is 3.80. The Morgan fingerprint density at radius 1 is 1.06 bits per heavy atom. The van der Waals surface area contributed by atoms with Crippen LogP contribution in [0.3, 0.4) is 0 Å². The molecule has 1 aliphatic carbocycles. The molecule has 1 heterocycles. The molecule has 0 spiro atoms. The van der Waals surface area contributed by atoms with E-state index in [1.807, 2.05) is 0 Å². The van der Waals surface area contributed by atoms with Gasteiger partial charge in [-0.2, -0.15) is 0 Å². The van der Waals surface area contributed by atoms with Crippen LogP contribution < -0.4 is 5.73 Å². The van der Waals surface area contributed by atoms with Gasteiger partial charge >= 0.3 is 0 Å². The molecule has 1 saturated carbocycles. The van der Waals surface area contributed by atoms with E-state index in [1.54, 1.807) is 0 Å². The SMILES string of the molecule is CCC1CCC(C)N1CC1CCCCCC1N. The van der Waals surface area contributed by atoms with Crippen molar-refractivity contribution in [3.63, 3.8) is 0 Å². The number of nitrogens with two attached hydrogens (primary N) is 1. The maximum absolute atomic E-state index is 6.36. The summed E-state index contributed by atoms with van der Waals surface area (Å²) in [6, 6.07) is 2.08. The van der Waals surface area contributed by atoms with Crippen molar-refractivity contribution in [3.8, 4) is 0 Å². The van der Waals surface area contributed by atoms with Gasteiger partial charge < -0.3 is 5.73 Å². The molecule has 2 nitrogen and oxygen atoms in total. The molecular weight excluding hydrogens is 208 g/mol. The molecule has 0 bridgehead atoms. The number of hydrogen-bond donors (Lipinski definition) is 1. The Morgan fingerprint density at radius 2 is 1.82 bits per heavy atom. The third kappa shape index (κ3) is 3.23. The average molecular weight is 238 g/mol. The molecule has 2 rings (SSSR count).